The molecule has 0 aromatic rings. The van der Waals surface area contributed by atoms with E-state index in [1.807, 2.05) is 11.8 Å². The minimum absolute atomic E-state index is 0.0771. The summed E-state index contributed by atoms with van der Waals surface area (Å²) in [5.41, 5.74) is -1.81. The second-order valence-electron chi connectivity index (χ2n) is 11.8. The zero-order valence-electron chi connectivity index (χ0n) is 23.8. The van der Waals surface area contributed by atoms with Gasteiger partial charge in [0.25, 0.3) is 0 Å². The zero-order valence-corrected chi connectivity index (χ0v) is 23.8. The van der Waals surface area contributed by atoms with Crippen molar-refractivity contribution in [3.8, 4) is 0 Å². The molecule has 8 heteroatoms. The molecule has 5 atom stereocenters. The van der Waals surface area contributed by atoms with E-state index in [0.29, 0.717) is 51.6 Å². The number of esters is 1. The second-order valence-corrected chi connectivity index (χ2v) is 11.8. The molecule has 3 aliphatic heterocycles. The highest BCUT2D eigenvalue weighted by molar-refractivity contribution is 5.98. The van der Waals surface area contributed by atoms with E-state index in [-0.39, 0.29) is 37.0 Å². The van der Waals surface area contributed by atoms with Gasteiger partial charge in [0, 0.05) is 25.7 Å². The number of amides is 2. The molecular formula is C31H48N2O6. The lowest BCUT2D eigenvalue weighted by Crippen LogP contribution is -2.58. The number of hydrogen-bond donors (Lipinski definition) is 1. The fourth-order valence-electron chi connectivity index (χ4n) is 7.77. The average molecular weight is 545 g/mol. The molecule has 0 radical (unpaired) electrons. The largest absolute Gasteiger partial charge is 0.465 e. The van der Waals surface area contributed by atoms with Crippen LogP contribution in [0.1, 0.15) is 90.4 Å². The molecule has 1 saturated carbocycles. The molecule has 4 fully saturated rings. The van der Waals surface area contributed by atoms with Crippen molar-refractivity contribution < 1.29 is 29.0 Å². The van der Waals surface area contributed by atoms with Crippen LogP contribution in [0.4, 0.5) is 0 Å². The molecule has 218 valence electrons. The van der Waals surface area contributed by atoms with Gasteiger partial charge in [-0.05, 0) is 64.2 Å². The van der Waals surface area contributed by atoms with Crippen molar-refractivity contribution in [2.24, 2.45) is 11.8 Å². The molecule has 2 bridgehead atoms. The minimum Gasteiger partial charge on any atom is -0.465 e. The molecule has 3 heterocycles. The number of carbonyl (C=O) groups excluding carboxylic acids is 3. The number of unbranched alkanes of at least 4 members (excludes halogenated alkanes) is 3. The van der Waals surface area contributed by atoms with E-state index in [4.69, 9.17) is 9.47 Å². The third-order valence-electron chi connectivity index (χ3n) is 9.65. The van der Waals surface area contributed by atoms with Gasteiger partial charge in [0.15, 0.2) is 0 Å². The van der Waals surface area contributed by atoms with Gasteiger partial charge >= 0.3 is 5.97 Å². The van der Waals surface area contributed by atoms with E-state index in [2.05, 4.69) is 13.2 Å². The van der Waals surface area contributed by atoms with Crippen LogP contribution in [0.3, 0.4) is 0 Å². The topological polar surface area (TPSA) is 96.4 Å². The van der Waals surface area contributed by atoms with Gasteiger partial charge in [0.1, 0.15) is 17.6 Å². The molecule has 39 heavy (non-hydrogen) atoms. The molecule has 1 spiro atoms. The van der Waals surface area contributed by atoms with Gasteiger partial charge < -0.3 is 24.4 Å². The Hall–Kier alpha value is -2.19. The van der Waals surface area contributed by atoms with E-state index < -0.39 is 29.1 Å². The van der Waals surface area contributed by atoms with Crippen molar-refractivity contribution in [2.45, 2.75) is 114 Å². The molecule has 0 aromatic carbocycles. The number of nitrogens with zero attached hydrogens (tertiary/aromatic N) is 2. The van der Waals surface area contributed by atoms with Gasteiger partial charge in [-0.15, -0.1) is 13.2 Å². The molecule has 0 aromatic heterocycles. The van der Waals surface area contributed by atoms with Gasteiger partial charge in [0.05, 0.1) is 18.1 Å². The summed E-state index contributed by atoms with van der Waals surface area (Å²) in [6, 6.07) is -0.645. The van der Waals surface area contributed by atoms with Gasteiger partial charge in [-0.25, -0.2) is 0 Å². The van der Waals surface area contributed by atoms with Gasteiger partial charge in [-0.2, -0.15) is 0 Å². The van der Waals surface area contributed by atoms with E-state index in [1.54, 1.807) is 17.1 Å². The Labute approximate surface area is 233 Å². The van der Waals surface area contributed by atoms with E-state index >= 15 is 0 Å². The Balaban J connectivity index is 1.68. The number of carbonyl (C=O) groups is 3. The Morgan fingerprint density at radius 2 is 1.90 bits per heavy atom. The average Bonchev–Trinajstić information content (AvgIpc) is 3.56. The van der Waals surface area contributed by atoms with Crippen LogP contribution in [0.5, 0.6) is 0 Å². The first-order valence-electron chi connectivity index (χ1n) is 15.2. The summed E-state index contributed by atoms with van der Waals surface area (Å²) in [5, 5.41) is 9.27. The molecule has 2 unspecified atom stereocenters. The van der Waals surface area contributed by atoms with Crippen LogP contribution >= 0.6 is 0 Å². The molecule has 1 aliphatic carbocycles. The highest BCUT2D eigenvalue weighted by Gasteiger charge is 2.79. The summed E-state index contributed by atoms with van der Waals surface area (Å²) in [7, 11) is 0. The summed E-state index contributed by atoms with van der Waals surface area (Å²) in [5.74, 6) is -2.06. The molecule has 4 aliphatic rings. The van der Waals surface area contributed by atoms with Crippen LogP contribution < -0.4 is 0 Å². The third-order valence-corrected chi connectivity index (χ3v) is 9.65. The summed E-state index contributed by atoms with van der Waals surface area (Å²) in [4.78, 5) is 46.0. The smallest absolute Gasteiger partial charge is 0.312 e. The normalized spacial score (nSPS) is 31.8. The number of hydrogen-bond acceptors (Lipinski definition) is 6. The standard InChI is InChI=1S/C31H48N2O6/c1-4-7-14-22-38-29(37)25-24-27(35)33(20-12-9-13-21-34)26(31(24)18-17-30(25,6-3)39-31)28(36)32(19-5-2)23-15-10-8-11-16-23/h4-5,23-26,34H,1-2,6-22H2,3H3/t24-,25-,26?,30+,31?/m0/s1. The predicted molar refractivity (Wildman–Crippen MR) is 149 cm³/mol. The molecule has 8 nitrogen and oxygen atoms in total. The van der Waals surface area contributed by atoms with Gasteiger partial charge in [-0.3, -0.25) is 14.4 Å². The van der Waals surface area contributed by atoms with Crippen LogP contribution in [0.25, 0.3) is 0 Å². The third kappa shape index (κ3) is 5.43. The fraction of sp³-hybridized carbons (Fsp3) is 0.774. The first-order chi connectivity index (χ1) is 18.9. The Kier molecular flexibility index (Phi) is 9.92. The molecule has 4 rings (SSSR count). The number of aliphatic hydroxyl groups is 1. The van der Waals surface area contributed by atoms with Crippen molar-refractivity contribution in [3.63, 3.8) is 0 Å². The van der Waals surface area contributed by atoms with Crippen LogP contribution in [-0.4, -0.2) is 82.3 Å². The second kappa shape index (κ2) is 13.0. The van der Waals surface area contributed by atoms with E-state index in [9.17, 15) is 19.5 Å². The first-order valence-corrected chi connectivity index (χ1v) is 15.2. The zero-order chi connectivity index (χ0) is 28.0. The van der Waals surface area contributed by atoms with E-state index in [1.165, 1.54) is 6.42 Å². The van der Waals surface area contributed by atoms with Crippen LogP contribution in [0.2, 0.25) is 0 Å². The lowest BCUT2D eigenvalue weighted by molar-refractivity contribution is -0.162. The quantitative estimate of drug-likeness (QED) is 0.189. The monoisotopic (exact) mass is 544 g/mol. The molecule has 3 saturated heterocycles. The maximum absolute atomic E-state index is 14.6. The van der Waals surface area contributed by atoms with Crippen molar-refractivity contribution in [3.05, 3.63) is 25.3 Å². The fourth-order valence-corrected chi connectivity index (χ4v) is 7.77. The first kappa shape index (κ1) is 29.8. The summed E-state index contributed by atoms with van der Waals surface area (Å²) in [6.07, 6.45) is 14.1. The lowest BCUT2D eigenvalue weighted by atomic mass is 9.65. The van der Waals surface area contributed by atoms with Gasteiger partial charge in [-0.1, -0.05) is 38.3 Å². The minimum atomic E-state index is -1.03. The Morgan fingerprint density at radius 1 is 1.13 bits per heavy atom. The maximum Gasteiger partial charge on any atom is 0.312 e. The van der Waals surface area contributed by atoms with Crippen LogP contribution in [-0.2, 0) is 23.9 Å². The Morgan fingerprint density at radius 3 is 2.56 bits per heavy atom. The van der Waals surface area contributed by atoms with Crippen LogP contribution in [0, 0.1) is 11.8 Å². The maximum atomic E-state index is 14.6. The number of allylic oxidation sites excluding steroid dienone is 1. The summed E-state index contributed by atoms with van der Waals surface area (Å²) in [6.45, 7) is 10.9. The summed E-state index contributed by atoms with van der Waals surface area (Å²) < 4.78 is 12.6. The van der Waals surface area contributed by atoms with E-state index in [0.717, 1.165) is 38.5 Å². The number of likely N-dealkylation sites (tertiary alicyclic amines) is 1. The van der Waals surface area contributed by atoms with Crippen molar-refractivity contribution in [2.75, 3.05) is 26.3 Å². The Bertz CT molecular complexity index is 917. The number of aliphatic hydroxyl groups excluding tert-OH is 1. The number of ether oxygens (including phenoxy) is 2. The van der Waals surface area contributed by atoms with Crippen molar-refractivity contribution in [1.29, 1.82) is 0 Å². The highest BCUT2D eigenvalue weighted by atomic mass is 16.6. The molecule has 2 amide bonds. The summed E-state index contributed by atoms with van der Waals surface area (Å²) >= 11 is 0. The molecular weight excluding hydrogens is 496 g/mol. The van der Waals surface area contributed by atoms with Crippen molar-refractivity contribution in [1.82, 2.24) is 9.80 Å². The lowest BCUT2D eigenvalue weighted by Gasteiger charge is -2.41. The van der Waals surface area contributed by atoms with Gasteiger partial charge in [0.2, 0.25) is 11.8 Å². The SMILES string of the molecule is C=CCCCOC(=O)[C@@H]1[C@H]2C(=O)N(CCCCCO)C(C(=O)N(CC=C)C3CCCCC3)C23CC[C@@]1(CC)O3. The van der Waals surface area contributed by atoms with Crippen LogP contribution in [0.15, 0.2) is 25.3 Å². The predicted octanol–water partition coefficient (Wildman–Crippen LogP) is 4.16. The number of fused-ring (bicyclic) bond motifs is 1. The number of rotatable bonds is 15. The van der Waals surface area contributed by atoms with Crippen molar-refractivity contribution >= 4 is 17.8 Å². The highest BCUT2D eigenvalue weighted by Crippen LogP contribution is 2.64. The molecule has 1 N–H and O–H groups in total.